The first-order valence-corrected chi connectivity index (χ1v) is 10.2. The number of ether oxygens (including phenoxy) is 4. The van der Waals surface area contributed by atoms with Gasteiger partial charge in [-0.25, -0.2) is 4.79 Å². The molecule has 2 rings (SSSR count). The van der Waals surface area contributed by atoms with Crippen LogP contribution in [-0.4, -0.2) is 43.1 Å². The zero-order valence-corrected chi connectivity index (χ0v) is 18.7. The van der Waals surface area contributed by atoms with Crippen molar-refractivity contribution in [2.45, 2.75) is 32.2 Å². The maximum Gasteiger partial charge on any atom is 0.573 e. The van der Waals surface area contributed by atoms with Crippen LogP contribution in [0.25, 0.3) is 0 Å². The summed E-state index contributed by atoms with van der Waals surface area (Å²) in [4.78, 5) is 11.2. The van der Waals surface area contributed by atoms with E-state index >= 15 is 0 Å². The zero-order valence-electron chi connectivity index (χ0n) is 18.7. The van der Waals surface area contributed by atoms with Crippen LogP contribution in [0.4, 0.5) is 26.3 Å². The van der Waals surface area contributed by atoms with Crippen LogP contribution < -0.4 is 14.2 Å². The first-order chi connectivity index (χ1) is 16.9. The monoisotopic (exact) mass is 518 g/mol. The number of alkyl halides is 6. The SMILES string of the molecule is CCO[C@@H](Cc1ccc(OC/C=C/C#Cc2ccc(OC(F)(F)F)cc2OC(F)(F)F)cc1)C(=O)O. The van der Waals surface area contributed by atoms with E-state index in [1.807, 2.05) is 0 Å². The summed E-state index contributed by atoms with van der Waals surface area (Å²) in [7, 11) is 0. The summed E-state index contributed by atoms with van der Waals surface area (Å²) >= 11 is 0. The van der Waals surface area contributed by atoms with Crippen LogP contribution in [0.15, 0.2) is 54.6 Å². The minimum absolute atomic E-state index is 0.0506. The molecule has 0 unspecified atom stereocenters. The molecule has 0 aliphatic carbocycles. The molecule has 0 saturated carbocycles. The van der Waals surface area contributed by atoms with E-state index < -0.39 is 36.3 Å². The molecule has 0 radical (unpaired) electrons. The number of benzene rings is 2. The molecule has 0 spiro atoms. The van der Waals surface area contributed by atoms with Crippen molar-refractivity contribution in [1.82, 2.24) is 0 Å². The van der Waals surface area contributed by atoms with E-state index in [-0.39, 0.29) is 25.2 Å². The van der Waals surface area contributed by atoms with Crippen LogP contribution in [-0.2, 0) is 16.0 Å². The van der Waals surface area contributed by atoms with E-state index in [4.69, 9.17) is 14.6 Å². The highest BCUT2D eigenvalue weighted by Crippen LogP contribution is 2.32. The van der Waals surface area contributed by atoms with Gasteiger partial charge < -0.3 is 24.1 Å². The Morgan fingerprint density at radius 2 is 1.64 bits per heavy atom. The van der Waals surface area contributed by atoms with Crippen molar-refractivity contribution in [2.75, 3.05) is 13.2 Å². The molecule has 1 N–H and O–H groups in total. The minimum atomic E-state index is -5.15. The number of rotatable bonds is 10. The molecule has 0 heterocycles. The Morgan fingerprint density at radius 3 is 2.22 bits per heavy atom. The van der Waals surface area contributed by atoms with Gasteiger partial charge in [0.15, 0.2) is 6.10 Å². The maximum absolute atomic E-state index is 12.6. The van der Waals surface area contributed by atoms with E-state index in [0.717, 1.165) is 17.7 Å². The van der Waals surface area contributed by atoms with Crippen LogP contribution in [0.5, 0.6) is 17.2 Å². The lowest BCUT2D eigenvalue weighted by Gasteiger charge is -2.13. The first kappa shape index (κ1) is 28.4. The van der Waals surface area contributed by atoms with Crippen molar-refractivity contribution in [3.8, 4) is 29.1 Å². The third-order valence-electron chi connectivity index (χ3n) is 4.15. The summed E-state index contributed by atoms with van der Waals surface area (Å²) < 4.78 is 92.7. The molecule has 194 valence electrons. The summed E-state index contributed by atoms with van der Waals surface area (Å²) in [5.41, 5.74) is 0.419. The molecule has 0 fully saturated rings. The second kappa shape index (κ2) is 12.7. The molecule has 0 aliphatic rings. The van der Waals surface area contributed by atoms with Crippen molar-refractivity contribution in [3.63, 3.8) is 0 Å². The normalized spacial score (nSPS) is 12.5. The van der Waals surface area contributed by atoms with Crippen LogP contribution in [0.1, 0.15) is 18.1 Å². The summed E-state index contributed by atoms with van der Waals surface area (Å²) in [6.07, 6.45) is -8.27. The minimum Gasteiger partial charge on any atom is -0.490 e. The summed E-state index contributed by atoms with van der Waals surface area (Å²) in [5, 5.41) is 9.13. The molecule has 0 amide bonds. The van der Waals surface area contributed by atoms with Crippen LogP contribution in [0.2, 0.25) is 0 Å². The van der Waals surface area contributed by atoms with Crippen LogP contribution >= 0.6 is 0 Å². The van der Waals surface area contributed by atoms with E-state index in [9.17, 15) is 31.1 Å². The third-order valence-corrected chi connectivity index (χ3v) is 4.15. The highest BCUT2D eigenvalue weighted by molar-refractivity contribution is 5.72. The number of halogens is 6. The van der Waals surface area contributed by atoms with E-state index in [0.29, 0.717) is 11.8 Å². The largest absolute Gasteiger partial charge is 0.573 e. The van der Waals surface area contributed by atoms with Crippen LogP contribution in [0, 0.1) is 11.8 Å². The number of aliphatic carboxylic acids is 1. The lowest BCUT2D eigenvalue weighted by Crippen LogP contribution is -2.26. The van der Waals surface area contributed by atoms with E-state index in [1.54, 1.807) is 31.2 Å². The molecule has 36 heavy (non-hydrogen) atoms. The van der Waals surface area contributed by atoms with Crippen molar-refractivity contribution in [1.29, 1.82) is 0 Å². The Hall–Kier alpha value is -3.85. The van der Waals surface area contributed by atoms with Crippen molar-refractivity contribution < 1.29 is 55.2 Å². The van der Waals surface area contributed by atoms with Gasteiger partial charge in [-0.3, -0.25) is 0 Å². The van der Waals surface area contributed by atoms with Gasteiger partial charge in [-0.1, -0.05) is 24.0 Å². The van der Waals surface area contributed by atoms with Gasteiger partial charge in [0, 0.05) is 19.1 Å². The molecule has 0 saturated heterocycles. The third kappa shape index (κ3) is 10.6. The smallest absolute Gasteiger partial charge is 0.490 e. The maximum atomic E-state index is 12.6. The van der Waals surface area contributed by atoms with Crippen LogP contribution in [0.3, 0.4) is 0 Å². The average Bonchev–Trinajstić information content (AvgIpc) is 2.76. The second-order valence-electron chi connectivity index (χ2n) is 6.87. The number of hydrogen-bond acceptors (Lipinski definition) is 5. The van der Waals surface area contributed by atoms with Crippen molar-refractivity contribution >= 4 is 5.97 Å². The average molecular weight is 518 g/mol. The molecule has 2 aromatic rings. The van der Waals surface area contributed by atoms with Gasteiger partial charge >= 0.3 is 18.7 Å². The highest BCUT2D eigenvalue weighted by atomic mass is 19.4. The Morgan fingerprint density at radius 1 is 1.00 bits per heavy atom. The van der Waals surface area contributed by atoms with Gasteiger partial charge in [0.05, 0.1) is 5.56 Å². The summed E-state index contributed by atoms with van der Waals surface area (Å²) in [6, 6.07) is 8.78. The highest BCUT2D eigenvalue weighted by Gasteiger charge is 2.34. The lowest BCUT2D eigenvalue weighted by atomic mass is 10.1. The standard InChI is InChI=1S/C24H20F6O6/c1-2-33-21(22(31)32)14-16-7-10-18(11-8-16)34-13-5-3-4-6-17-9-12-19(35-23(25,26)27)15-20(17)36-24(28,29)30/h3,5,7-12,15,21H,2,13-14H2,1H3,(H,31,32)/b5-3+/t21-/m0/s1. The molecule has 1 atom stereocenters. The fraction of sp³-hybridized carbons (Fsp3) is 0.292. The lowest BCUT2D eigenvalue weighted by molar-refractivity contribution is -0.276. The Balaban J connectivity index is 1.98. The van der Waals surface area contributed by atoms with Gasteiger partial charge in [0.1, 0.15) is 23.9 Å². The molecular formula is C24H20F6O6. The van der Waals surface area contributed by atoms with Gasteiger partial charge in [0.2, 0.25) is 0 Å². The first-order valence-electron chi connectivity index (χ1n) is 10.2. The van der Waals surface area contributed by atoms with Gasteiger partial charge in [0.25, 0.3) is 0 Å². The Labute approximate surface area is 202 Å². The molecule has 0 aromatic heterocycles. The number of carboxylic acid groups (broad SMARTS) is 1. The summed E-state index contributed by atoms with van der Waals surface area (Å²) in [5.74, 6) is 2.37. The molecule has 6 nitrogen and oxygen atoms in total. The summed E-state index contributed by atoms with van der Waals surface area (Å²) in [6.45, 7) is 2.01. The Bertz CT molecular complexity index is 1100. The van der Waals surface area contributed by atoms with Gasteiger partial charge in [-0.05, 0) is 48.9 Å². The number of carbonyl (C=O) groups is 1. The van der Waals surface area contributed by atoms with E-state index in [2.05, 4.69) is 21.3 Å². The topological polar surface area (TPSA) is 74.2 Å². The number of allylic oxidation sites excluding steroid dienone is 1. The van der Waals surface area contributed by atoms with Crippen molar-refractivity contribution in [3.05, 3.63) is 65.7 Å². The molecule has 0 aliphatic heterocycles. The molecule has 12 heteroatoms. The van der Waals surface area contributed by atoms with E-state index in [1.165, 1.54) is 12.2 Å². The number of carboxylic acids is 1. The quantitative estimate of drug-likeness (QED) is 0.331. The number of hydrogen-bond donors (Lipinski definition) is 1. The fourth-order valence-corrected chi connectivity index (χ4v) is 2.74. The van der Waals surface area contributed by atoms with Gasteiger partial charge in [-0.2, -0.15) is 0 Å². The van der Waals surface area contributed by atoms with Gasteiger partial charge in [-0.15, -0.1) is 26.3 Å². The molecular weight excluding hydrogens is 498 g/mol. The molecule has 2 aromatic carbocycles. The zero-order chi connectivity index (χ0) is 26.8. The predicted molar refractivity (Wildman–Crippen MR) is 115 cm³/mol. The Kier molecular flexibility index (Phi) is 10.0. The predicted octanol–water partition coefficient (Wildman–Crippen LogP) is 5.50. The van der Waals surface area contributed by atoms with Crippen molar-refractivity contribution in [2.24, 2.45) is 0 Å². The second-order valence-corrected chi connectivity index (χ2v) is 6.87. The fourth-order valence-electron chi connectivity index (χ4n) is 2.74. The molecule has 0 bridgehead atoms.